The molecule has 44 heavy (non-hydrogen) atoms. The number of esters is 1. The number of nitrogens with one attached hydrogen (secondary N) is 1. The number of carboxylic acid groups (broad SMARTS) is 1. The monoisotopic (exact) mass is 612 g/mol. The number of phenolic OH excluding ortho intramolecular Hbond substituents is 1. The molecule has 1 unspecified atom stereocenters. The van der Waals surface area contributed by atoms with Crippen molar-refractivity contribution in [2.45, 2.75) is 31.2 Å². The van der Waals surface area contributed by atoms with Gasteiger partial charge in [-0.1, -0.05) is 48.5 Å². The van der Waals surface area contributed by atoms with Gasteiger partial charge in [0.15, 0.2) is 12.1 Å². The van der Waals surface area contributed by atoms with E-state index in [2.05, 4.69) is 5.32 Å². The maximum absolute atomic E-state index is 13.5. The van der Waals surface area contributed by atoms with E-state index in [0.29, 0.717) is 34.3 Å². The molecule has 3 aliphatic heterocycles. The molecule has 1 amide bonds. The fraction of sp³-hybridized carbons (Fsp3) is 0.312. The summed E-state index contributed by atoms with van der Waals surface area (Å²) in [4.78, 5) is 48.2. The van der Waals surface area contributed by atoms with Gasteiger partial charge in [-0.2, -0.15) is 13.2 Å². The number of nitrogens with zero attached hydrogens (tertiary/aromatic N) is 1. The van der Waals surface area contributed by atoms with Crippen LogP contribution in [0.5, 0.6) is 5.75 Å². The van der Waals surface area contributed by atoms with Gasteiger partial charge < -0.3 is 29.5 Å². The summed E-state index contributed by atoms with van der Waals surface area (Å²) in [6.07, 6.45) is -3.75. The second-order valence-corrected chi connectivity index (χ2v) is 10.9. The number of phenols is 1. The number of amides is 1. The second kappa shape index (κ2) is 13.7. The summed E-state index contributed by atoms with van der Waals surface area (Å²) in [7, 11) is 0. The average molecular weight is 613 g/mol. The Morgan fingerprint density at radius 3 is 1.98 bits per heavy atom. The summed E-state index contributed by atoms with van der Waals surface area (Å²) in [5.74, 6) is -3.45. The number of piperidine rings is 3. The number of alkyl halides is 3. The minimum Gasteiger partial charge on any atom is -0.542 e. The molecule has 0 saturated carbocycles. The number of aromatic hydroxyl groups is 1. The van der Waals surface area contributed by atoms with Gasteiger partial charge in [-0.3, -0.25) is 9.59 Å². The van der Waals surface area contributed by atoms with E-state index < -0.39 is 24.2 Å². The summed E-state index contributed by atoms with van der Waals surface area (Å²) < 4.78 is 38.2. The molecular formula is C32H31F3N2O7. The molecule has 9 nitrogen and oxygen atoms in total. The van der Waals surface area contributed by atoms with Crippen LogP contribution in [0.3, 0.4) is 0 Å². The van der Waals surface area contributed by atoms with Crippen LogP contribution in [-0.4, -0.2) is 71.7 Å². The number of quaternary nitrogens is 1. The number of carbonyl (C=O) groups is 4. The molecule has 3 aromatic carbocycles. The Labute approximate surface area is 251 Å². The number of aliphatic carboxylic acids is 1. The Morgan fingerprint density at radius 1 is 0.886 bits per heavy atom. The van der Waals surface area contributed by atoms with Gasteiger partial charge >= 0.3 is 12.1 Å². The summed E-state index contributed by atoms with van der Waals surface area (Å²) in [6.45, 7) is 2.65. The van der Waals surface area contributed by atoms with Crippen molar-refractivity contribution in [1.82, 2.24) is 5.32 Å². The molecule has 3 fully saturated rings. The van der Waals surface area contributed by atoms with Crippen LogP contribution in [0.2, 0.25) is 0 Å². The second-order valence-electron chi connectivity index (χ2n) is 10.9. The highest BCUT2D eigenvalue weighted by Gasteiger charge is 2.49. The number of carbonyl (C=O) groups excluding carboxylic acids is 4. The Morgan fingerprint density at radius 2 is 1.43 bits per heavy atom. The molecule has 12 heteroatoms. The van der Waals surface area contributed by atoms with E-state index in [1.54, 1.807) is 48.5 Å². The molecule has 2 atom stereocenters. The van der Waals surface area contributed by atoms with E-state index in [0.717, 1.165) is 25.9 Å². The molecule has 3 aromatic rings. The van der Waals surface area contributed by atoms with Crippen LogP contribution in [0.15, 0.2) is 84.9 Å². The van der Waals surface area contributed by atoms with Crippen LogP contribution in [0, 0.1) is 5.92 Å². The molecule has 2 bridgehead atoms. The number of hydrogen-bond acceptors (Lipinski definition) is 7. The Kier molecular flexibility index (Phi) is 10.0. The first-order valence-electron chi connectivity index (χ1n) is 13.9. The van der Waals surface area contributed by atoms with Crippen LogP contribution in [0.4, 0.5) is 13.2 Å². The van der Waals surface area contributed by atoms with Crippen molar-refractivity contribution in [2.75, 3.05) is 26.2 Å². The van der Waals surface area contributed by atoms with Crippen LogP contribution in [0.25, 0.3) is 0 Å². The van der Waals surface area contributed by atoms with Crippen molar-refractivity contribution >= 4 is 23.6 Å². The third-order valence-electron chi connectivity index (χ3n) is 7.89. The molecule has 0 aliphatic carbocycles. The maximum atomic E-state index is 13.5. The standard InChI is InChI=1S/C30H30N2O5.C2HF3O2/c33-25-13-11-21(12-14-25)26(34)19-32-17-15-22(16-18-32)27(20-32)37-30(36)28(23-7-3-1-4-8-23)31-29(35)24-9-5-2-6-10-24;3-2(4,5)1(6)7/h1-14,22,27-28H,15-20H2,(H-,31,33,34,35);(H,6,7)/t22?,27-,28?,32?;/m0./s1. The Bertz CT molecular complexity index is 1460. The lowest BCUT2D eigenvalue weighted by Gasteiger charge is -2.51. The molecule has 0 radical (unpaired) electrons. The number of Topliss-reactive ketones (excluding diaryl/α,β-unsaturated/α-hetero) is 1. The number of ether oxygens (including phenoxy) is 1. The number of benzene rings is 3. The molecule has 0 spiro atoms. The van der Waals surface area contributed by atoms with Gasteiger partial charge in [0.2, 0.25) is 5.78 Å². The predicted molar refractivity (Wildman–Crippen MR) is 149 cm³/mol. The Balaban J connectivity index is 0.000000566. The minimum atomic E-state index is -5.19. The molecule has 3 saturated heterocycles. The van der Waals surface area contributed by atoms with Crippen LogP contribution in [0.1, 0.15) is 45.2 Å². The molecule has 0 aromatic heterocycles. The minimum absolute atomic E-state index is 0.0164. The van der Waals surface area contributed by atoms with Gasteiger partial charge in [0.05, 0.1) is 13.1 Å². The lowest BCUT2D eigenvalue weighted by molar-refractivity contribution is -0.938. The summed E-state index contributed by atoms with van der Waals surface area (Å²) >= 11 is 0. The van der Waals surface area contributed by atoms with E-state index in [-0.39, 0.29) is 29.5 Å². The fourth-order valence-electron chi connectivity index (χ4n) is 5.57. The van der Waals surface area contributed by atoms with Crippen molar-refractivity contribution in [3.8, 4) is 5.75 Å². The highest BCUT2D eigenvalue weighted by atomic mass is 19.4. The number of rotatable bonds is 8. The lowest BCUT2D eigenvalue weighted by atomic mass is 9.82. The van der Waals surface area contributed by atoms with Gasteiger partial charge in [0.1, 0.15) is 24.8 Å². The van der Waals surface area contributed by atoms with Gasteiger partial charge in [0, 0.05) is 29.9 Å². The van der Waals surface area contributed by atoms with Crippen LogP contribution < -0.4 is 10.4 Å². The molecule has 3 aliphatic rings. The van der Waals surface area contributed by atoms with Gasteiger partial charge in [-0.15, -0.1) is 0 Å². The number of ketones is 1. The highest BCUT2D eigenvalue weighted by Crippen LogP contribution is 2.36. The van der Waals surface area contributed by atoms with Crippen LogP contribution >= 0.6 is 0 Å². The van der Waals surface area contributed by atoms with E-state index in [1.165, 1.54) is 12.1 Å². The lowest BCUT2D eigenvalue weighted by Crippen LogP contribution is -2.66. The summed E-state index contributed by atoms with van der Waals surface area (Å²) in [5, 5.41) is 21.2. The topological polar surface area (TPSA) is 133 Å². The number of fused-ring (bicyclic) bond motifs is 3. The molecule has 2 N–H and O–H groups in total. The fourth-order valence-corrected chi connectivity index (χ4v) is 5.57. The van der Waals surface area contributed by atoms with Crippen LogP contribution in [-0.2, 0) is 14.3 Å². The predicted octanol–water partition coefficient (Wildman–Crippen LogP) is 3.20. The average Bonchev–Trinajstić information content (AvgIpc) is 3.01. The Hall–Kier alpha value is -4.71. The largest absolute Gasteiger partial charge is 0.542 e. The first kappa shape index (κ1) is 32.2. The third-order valence-corrected chi connectivity index (χ3v) is 7.89. The van der Waals surface area contributed by atoms with Gasteiger partial charge in [0.25, 0.3) is 5.91 Å². The molecule has 6 rings (SSSR count). The van der Waals surface area contributed by atoms with E-state index in [9.17, 15) is 32.7 Å². The van der Waals surface area contributed by atoms with Gasteiger partial charge in [-0.25, -0.2) is 4.79 Å². The van der Waals surface area contributed by atoms with Crippen molar-refractivity contribution in [3.05, 3.63) is 102 Å². The SMILES string of the molecule is O=C(C[N+]12CCC(CC1)[C@@H](OC(=O)C(NC(=O)c1ccccc1)c1ccccc1)C2)c1ccc(O)cc1.O=C([O-])C(F)(F)F. The first-order chi connectivity index (χ1) is 20.9. The first-order valence-corrected chi connectivity index (χ1v) is 13.9. The number of hydrogen-bond donors (Lipinski definition) is 2. The van der Waals surface area contributed by atoms with Crippen molar-refractivity contribution < 1.29 is 51.8 Å². The molecule has 232 valence electrons. The van der Waals surface area contributed by atoms with E-state index in [4.69, 9.17) is 14.6 Å². The molecular weight excluding hydrogens is 581 g/mol. The normalized spacial score (nSPS) is 21.2. The van der Waals surface area contributed by atoms with E-state index >= 15 is 0 Å². The summed E-state index contributed by atoms with van der Waals surface area (Å²) in [6, 6.07) is 23.3. The summed E-state index contributed by atoms with van der Waals surface area (Å²) in [5.41, 5.74) is 1.69. The molecule has 3 heterocycles. The third kappa shape index (κ3) is 8.22. The smallest absolute Gasteiger partial charge is 0.430 e. The zero-order valence-electron chi connectivity index (χ0n) is 23.5. The highest BCUT2D eigenvalue weighted by molar-refractivity contribution is 5.97. The zero-order chi connectivity index (χ0) is 31.9. The number of carboxylic acids is 1. The maximum Gasteiger partial charge on any atom is 0.430 e. The zero-order valence-corrected chi connectivity index (χ0v) is 23.5. The van der Waals surface area contributed by atoms with Crippen molar-refractivity contribution in [3.63, 3.8) is 0 Å². The van der Waals surface area contributed by atoms with E-state index in [1.807, 2.05) is 24.3 Å². The van der Waals surface area contributed by atoms with Crippen molar-refractivity contribution in [1.29, 1.82) is 0 Å². The van der Waals surface area contributed by atoms with Gasteiger partial charge in [-0.05, 0) is 42.0 Å². The van der Waals surface area contributed by atoms with Crippen molar-refractivity contribution in [2.24, 2.45) is 5.92 Å². The quantitative estimate of drug-likeness (QED) is 0.227. The number of halogens is 3.